The molecule has 1 aromatic rings. The summed E-state index contributed by atoms with van der Waals surface area (Å²) in [5.41, 5.74) is 7.27. The second-order valence-corrected chi connectivity index (χ2v) is 25.3. The number of nitrogens with one attached hydrogen (secondary N) is 1. The maximum Gasteiger partial charge on any atom is 0.408 e. The zero-order chi connectivity index (χ0) is 26.2. The molecule has 0 aliphatic rings. The Morgan fingerprint density at radius 3 is 2.12 bits per heavy atom. The number of hydrogen-bond acceptors (Lipinski definition) is 5. The van der Waals surface area contributed by atoms with E-state index in [1.54, 1.807) is 0 Å². The van der Waals surface area contributed by atoms with E-state index >= 15 is 0 Å². The molecular weight excluding hydrogens is 481 g/mol. The van der Waals surface area contributed by atoms with Crippen LogP contribution in [0.3, 0.4) is 0 Å². The van der Waals surface area contributed by atoms with Crippen LogP contribution in [-0.2, 0) is 20.6 Å². The van der Waals surface area contributed by atoms with Gasteiger partial charge in [-0.25, -0.2) is 4.79 Å². The van der Waals surface area contributed by atoms with E-state index in [2.05, 4.69) is 49.2 Å². The number of carbonyl (C=O) groups excluding carboxylic acids is 2. The predicted octanol–water partition coefficient (Wildman–Crippen LogP) is 4.73. The van der Waals surface area contributed by atoms with Crippen LogP contribution < -0.4 is 11.1 Å². The summed E-state index contributed by atoms with van der Waals surface area (Å²) in [5.74, 6) is 0.161. The summed E-state index contributed by atoms with van der Waals surface area (Å²) in [6.07, 6.45) is 0.435. The number of guanidine groups is 1. The summed E-state index contributed by atoms with van der Waals surface area (Å²) in [6.45, 7) is 19.7. The third-order valence-electron chi connectivity index (χ3n) is 4.61. The first-order chi connectivity index (χ1) is 15.5. The molecule has 3 N–H and O–H groups in total. The summed E-state index contributed by atoms with van der Waals surface area (Å²) in [5, 5.41) is 2.71. The van der Waals surface area contributed by atoms with Gasteiger partial charge in [-0.2, -0.15) is 0 Å². The quantitative estimate of drug-likeness (QED) is 0.246. The Bertz CT molecular complexity index is 831. The van der Waals surface area contributed by atoms with Crippen molar-refractivity contribution < 1.29 is 18.8 Å². The second-order valence-electron chi connectivity index (χ2n) is 11.4. The first kappa shape index (κ1) is 29.9. The molecule has 1 rings (SSSR count). The van der Waals surface area contributed by atoms with Crippen molar-refractivity contribution in [2.24, 2.45) is 10.4 Å². The van der Waals surface area contributed by atoms with Gasteiger partial charge in [0.25, 0.3) is 0 Å². The molecule has 0 fully saturated rings. The molecule has 8 nitrogen and oxygen atoms in total. The van der Waals surface area contributed by atoms with Gasteiger partial charge in [0.2, 0.25) is 8.32 Å². The number of nitrogens with zero attached hydrogens (tertiary/aromatic N) is 2. The molecule has 0 saturated heterocycles. The van der Waals surface area contributed by atoms with Crippen molar-refractivity contribution in [2.75, 3.05) is 6.54 Å². The molecule has 0 saturated carbocycles. The van der Waals surface area contributed by atoms with Gasteiger partial charge in [0.1, 0.15) is 12.6 Å². The highest BCUT2D eigenvalue weighted by Crippen LogP contribution is 2.15. The van der Waals surface area contributed by atoms with Crippen molar-refractivity contribution in [2.45, 2.75) is 84.4 Å². The van der Waals surface area contributed by atoms with E-state index in [4.69, 9.17) is 19.6 Å². The lowest BCUT2D eigenvalue weighted by atomic mass is 10.1. The Morgan fingerprint density at radius 2 is 1.62 bits per heavy atom. The molecule has 34 heavy (non-hydrogen) atoms. The molecule has 0 aliphatic heterocycles. The molecule has 11 heteroatoms. The van der Waals surface area contributed by atoms with E-state index in [9.17, 15) is 9.59 Å². The van der Waals surface area contributed by atoms with Crippen LogP contribution in [0.4, 0.5) is 4.79 Å². The summed E-state index contributed by atoms with van der Waals surface area (Å²) < 4.78 is 18.0. The van der Waals surface area contributed by atoms with Gasteiger partial charge in [-0.15, -0.1) is 0 Å². The maximum absolute atomic E-state index is 12.9. The number of rotatable bonds is 11. The number of alkyl carbamates (subject to hydrolysis) is 1. The molecule has 1 amide bonds. The van der Waals surface area contributed by atoms with E-state index in [-0.39, 0.29) is 6.61 Å². The molecule has 0 spiro atoms. The number of carbonyl (C=O) groups is 2. The van der Waals surface area contributed by atoms with E-state index < -0.39 is 42.9 Å². The van der Waals surface area contributed by atoms with Gasteiger partial charge in [-0.3, -0.25) is 9.45 Å². The lowest BCUT2D eigenvalue weighted by Crippen LogP contribution is -2.54. The van der Waals surface area contributed by atoms with Gasteiger partial charge in [-0.1, -0.05) is 50.0 Å². The molecule has 0 radical (unpaired) electrons. The van der Waals surface area contributed by atoms with Crippen LogP contribution in [0.1, 0.15) is 18.4 Å². The van der Waals surface area contributed by atoms with Crippen LogP contribution in [0, 0.1) is 0 Å². The fraction of sp³-hybridized carbons (Fsp3) is 0.609. The van der Waals surface area contributed by atoms with Crippen LogP contribution in [-0.4, -0.2) is 60.0 Å². The number of amides is 1. The van der Waals surface area contributed by atoms with E-state index in [1.807, 2.05) is 50.0 Å². The minimum absolute atomic E-state index is 0.134. The summed E-state index contributed by atoms with van der Waals surface area (Å²) in [4.78, 5) is 25.3. The monoisotopic (exact) mass is 524 g/mol. The predicted molar refractivity (Wildman–Crippen MR) is 147 cm³/mol. The van der Waals surface area contributed by atoms with E-state index in [0.717, 1.165) is 5.56 Å². The molecule has 1 aromatic carbocycles. The fourth-order valence-electron chi connectivity index (χ4n) is 3.18. The summed E-state index contributed by atoms with van der Waals surface area (Å²) >= 11 is 0. The molecular formula is C23H44N4O4Si3. The standard InChI is InChI=1S/C23H44N4O4Si3/c1-32(2,3)26-22(24)27(33(4,5)6)17-13-16-20(21(28)31-34(7,8)9)25-23(29)30-18-19-14-11-10-12-15-19/h10-12,14-15,20H,13,16-18H2,1-9H3,(H2,24,26)(H,25,29)/t20-/m0/s1. The SMILES string of the molecule is C[Si](C)(C)/N=C(\N)N(CCC[C@H](NC(=O)OCc1ccccc1)C(=O)O[Si](C)(C)C)[Si](C)(C)C. The van der Waals surface area contributed by atoms with Crippen molar-refractivity contribution in [3.63, 3.8) is 0 Å². The number of nitrogens with two attached hydrogens (primary N) is 1. The van der Waals surface area contributed by atoms with Crippen molar-refractivity contribution in [3.8, 4) is 0 Å². The molecule has 0 aliphatic carbocycles. The van der Waals surface area contributed by atoms with Crippen molar-refractivity contribution in [1.29, 1.82) is 0 Å². The van der Waals surface area contributed by atoms with Gasteiger partial charge < -0.3 is 24.8 Å². The smallest absolute Gasteiger partial charge is 0.408 e. The highest BCUT2D eigenvalue weighted by Gasteiger charge is 2.30. The van der Waals surface area contributed by atoms with Gasteiger partial charge in [-0.05, 0) is 57.7 Å². The van der Waals surface area contributed by atoms with Gasteiger partial charge >= 0.3 is 12.1 Å². The maximum atomic E-state index is 12.9. The van der Waals surface area contributed by atoms with Crippen LogP contribution in [0.25, 0.3) is 0 Å². The lowest BCUT2D eigenvalue weighted by molar-refractivity contribution is -0.137. The molecule has 0 heterocycles. The highest BCUT2D eigenvalue weighted by atomic mass is 28.4. The van der Waals surface area contributed by atoms with E-state index in [1.165, 1.54) is 0 Å². The molecule has 0 bridgehead atoms. The Morgan fingerprint density at radius 1 is 1.03 bits per heavy atom. The minimum atomic E-state index is -2.12. The first-order valence-electron chi connectivity index (χ1n) is 11.8. The molecule has 192 valence electrons. The van der Waals surface area contributed by atoms with Gasteiger partial charge in [0.15, 0.2) is 22.4 Å². The number of benzene rings is 1. The second kappa shape index (κ2) is 12.5. The number of ether oxygens (including phenoxy) is 1. The zero-order valence-electron chi connectivity index (χ0n) is 22.4. The average molecular weight is 525 g/mol. The number of hydrogen-bond donors (Lipinski definition) is 2. The lowest BCUT2D eigenvalue weighted by Gasteiger charge is -2.36. The topological polar surface area (TPSA) is 106 Å². The van der Waals surface area contributed by atoms with E-state index in [0.29, 0.717) is 25.3 Å². The molecule has 0 aromatic heterocycles. The normalized spacial score (nSPS) is 13.7. The Labute approximate surface area is 208 Å². The Hall–Kier alpha value is -2.12. The fourth-order valence-corrected chi connectivity index (χ4v) is 6.40. The third kappa shape index (κ3) is 12.4. The van der Waals surface area contributed by atoms with Crippen LogP contribution in [0.5, 0.6) is 0 Å². The summed E-state index contributed by atoms with van der Waals surface area (Å²) in [6, 6.07) is 8.63. The molecule has 1 atom stereocenters. The Balaban J connectivity index is 2.86. The van der Waals surface area contributed by atoms with Crippen molar-refractivity contribution in [1.82, 2.24) is 9.88 Å². The van der Waals surface area contributed by atoms with Crippen molar-refractivity contribution >= 4 is 42.8 Å². The largest absolute Gasteiger partial charge is 0.518 e. The minimum Gasteiger partial charge on any atom is -0.518 e. The zero-order valence-corrected chi connectivity index (χ0v) is 25.4. The Kier molecular flexibility index (Phi) is 11.0. The third-order valence-corrected chi connectivity index (χ3v) is 8.39. The van der Waals surface area contributed by atoms with Crippen LogP contribution >= 0.6 is 0 Å². The summed E-state index contributed by atoms with van der Waals surface area (Å²) in [7, 11) is -5.64. The average Bonchev–Trinajstić information content (AvgIpc) is 2.65. The van der Waals surface area contributed by atoms with Crippen LogP contribution in [0.15, 0.2) is 35.0 Å². The van der Waals surface area contributed by atoms with Gasteiger partial charge in [0, 0.05) is 6.54 Å². The van der Waals surface area contributed by atoms with Gasteiger partial charge in [0.05, 0.1) is 0 Å². The highest BCUT2D eigenvalue weighted by molar-refractivity contribution is 6.78. The van der Waals surface area contributed by atoms with Crippen molar-refractivity contribution in [3.05, 3.63) is 35.9 Å². The van der Waals surface area contributed by atoms with Crippen LogP contribution in [0.2, 0.25) is 58.9 Å². The molecule has 0 unspecified atom stereocenters. The first-order valence-corrected chi connectivity index (χ1v) is 22.1.